The van der Waals surface area contributed by atoms with Gasteiger partial charge in [-0.25, -0.2) is 0 Å². The first kappa shape index (κ1) is 11.4. The second-order valence-corrected chi connectivity index (χ2v) is 2.31. The minimum absolute atomic E-state index is 0.0621. The van der Waals surface area contributed by atoms with Crippen LogP contribution in [0.25, 0.3) is 0 Å². The van der Waals surface area contributed by atoms with Crippen LogP contribution in [-0.2, 0) is 9.53 Å². The van der Waals surface area contributed by atoms with Crippen molar-refractivity contribution < 1.29 is 22.7 Å². The highest BCUT2D eigenvalue weighted by atomic mass is 19.4. The van der Waals surface area contributed by atoms with Gasteiger partial charge in [0.1, 0.15) is 12.4 Å². The molecule has 0 unspecified atom stereocenters. The van der Waals surface area contributed by atoms with Crippen molar-refractivity contribution in [1.29, 1.82) is 0 Å². The van der Waals surface area contributed by atoms with Crippen molar-refractivity contribution in [1.82, 2.24) is 0 Å². The maximum atomic E-state index is 11.5. The third-order valence-corrected chi connectivity index (χ3v) is 1.19. The number of Topliss-reactive ketones (excluding diaryl/α,β-unsaturated/α-hetero) is 1. The van der Waals surface area contributed by atoms with E-state index >= 15 is 0 Å². The largest absolute Gasteiger partial charge is 0.411 e. The van der Waals surface area contributed by atoms with Gasteiger partial charge in [-0.05, 0) is 0 Å². The molecule has 2 nitrogen and oxygen atoms in total. The first-order valence-corrected chi connectivity index (χ1v) is 3.62. The lowest BCUT2D eigenvalue weighted by Gasteiger charge is -2.06. The zero-order chi connectivity index (χ0) is 9.61. The summed E-state index contributed by atoms with van der Waals surface area (Å²) < 4.78 is 38.6. The van der Waals surface area contributed by atoms with Crippen molar-refractivity contribution in [3.63, 3.8) is 0 Å². The van der Waals surface area contributed by atoms with Crippen LogP contribution in [0, 0.1) is 0 Å². The molecule has 0 aliphatic heterocycles. The number of alkyl halides is 3. The lowest BCUT2D eigenvalue weighted by atomic mass is 10.2. The van der Waals surface area contributed by atoms with E-state index in [1.54, 1.807) is 6.92 Å². The van der Waals surface area contributed by atoms with Gasteiger partial charge in [0.25, 0.3) is 0 Å². The molecule has 12 heavy (non-hydrogen) atoms. The van der Waals surface area contributed by atoms with Gasteiger partial charge in [0, 0.05) is 12.8 Å². The molecular weight excluding hydrogens is 173 g/mol. The monoisotopic (exact) mass is 184 g/mol. The summed E-state index contributed by atoms with van der Waals surface area (Å²) in [5, 5.41) is 0. The van der Waals surface area contributed by atoms with Gasteiger partial charge in [-0.1, -0.05) is 6.92 Å². The number of rotatable bonds is 5. The van der Waals surface area contributed by atoms with Gasteiger partial charge < -0.3 is 4.74 Å². The van der Waals surface area contributed by atoms with Gasteiger partial charge in [0.2, 0.25) is 0 Å². The third kappa shape index (κ3) is 7.53. The van der Waals surface area contributed by atoms with Crippen molar-refractivity contribution in [3.05, 3.63) is 0 Å². The van der Waals surface area contributed by atoms with Crippen LogP contribution in [-0.4, -0.2) is 25.2 Å². The number of ether oxygens (including phenoxy) is 1. The average molecular weight is 184 g/mol. The molecule has 0 aliphatic rings. The fourth-order valence-electron chi connectivity index (χ4n) is 0.551. The fourth-order valence-corrected chi connectivity index (χ4v) is 0.551. The molecule has 0 saturated heterocycles. The summed E-state index contributed by atoms with van der Waals surface area (Å²) in [5.41, 5.74) is 0. The van der Waals surface area contributed by atoms with E-state index in [4.69, 9.17) is 0 Å². The van der Waals surface area contributed by atoms with Crippen LogP contribution in [0.15, 0.2) is 0 Å². The topological polar surface area (TPSA) is 26.3 Å². The highest BCUT2D eigenvalue weighted by molar-refractivity contribution is 5.78. The Morgan fingerprint density at radius 1 is 1.42 bits per heavy atom. The second-order valence-electron chi connectivity index (χ2n) is 2.31. The highest BCUT2D eigenvalue weighted by Crippen LogP contribution is 2.14. The predicted octanol–water partition coefficient (Wildman–Crippen LogP) is 1.93. The van der Waals surface area contributed by atoms with Gasteiger partial charge >= 0.3 is 6.18 Å². The number of hydrogen-bond acceptors (Lipinski definition) is 2. The second kappa shape index (κ2) is 5.13. The van der Waals surface area contributed by atoms with Gasteiger partial charge in [0.05, 0.1) is 6.61 Å². The van der Waals surface area contributed by atoms with Crippen LogP contribution in [0.4, 0.5) is 13.2 Å². The Bertz CT molecular complexity index is 142. The molecule has 0 aromatic rings. The molecule has 72 valence electrons. The third-order valence-electron chi connectivity index (χ3n) is 1.19. The summed E-state index contributed by atoms with van der Waals surface area (Å²) in [6, 6.07) is 0. The molecule has 0 N–H and O–H groups in total. The SMILES string of the molecule is CCC(=O)CCOCC(F)(F)F. The summed E-state index contributed by atoms with van der Waals surface area (Å²) in [4.78, 5) is 10.6. The van der Waals surface area contributed by atoms with Gasteiger partial charge in [-0.3, -0.25) is 4.79 Å². The van der Waals surface area contributed by atoms with Gasteiger partial charge in [0.15, 0.2) is 0 Å². The first-order chi connectivity index (χ1) is 5.45. The Balaban J connectivity index is 3.28. The summed E-state index contributed by atoms with van der Waals surface area (Å²) in [6.07, 6.45) is -3.89. The predicted molar refractivity (Wildman–Crippen MR) is 36.8 cm³/mol. The van der Waals surface area contributed by atoms with E-state index in [2.05, 4.69) is 4.74 Å². The number of hydrogen-bond donors (Lipinski definition) is 0. The molecule has 0 amide bonds. The van der Waals surface area contributed by atoms with Crippen molar-refractivity contribution in [2.24, 2.45) is 0 Å². The zero-order valence-corrected chi connectivity index (χ0v) is 6.78. The molecule has 0 aromatic heterocycles. The molecule has 0 spiro atoms. The van der Waals surface area contributed by atoms with E-state index in [1.807, 2.05) is 0 Å². The Morgan fingerprint density at radius 2 is 2.00 bits per heavy atom. The molecule has 0 atom stereocenters. The fraction of sp³-hybridized carbons (Fsp3) is 0.857. The Labute approximate surface area is 68.7 Å². The molecule has 0 saturated carbocycles. The molecule has 0 aromatic carbocycles. The van der Waals surface area contributed by atoms with E-state index in [-0.39, 0.29) is 18.8 Å². The van der Waals surface area contributed by atoms with Crippen molar-refractivity contribution in [2.45, 2.75) is 25.9 Å². The van der Waals surface area contributed by atoms with E-state index < -0.39 is 12.8 Å². The Kier molecular flexibility index (Phi) is 4.89. The average Bonchev–Trinajstić information content (AvgIpc) is 1.96. The quantitative estimate of drug-likeness (QED) is 0.610. The molecule has 0 bridgehead atoms. The molecule has 0 rings (SSSR count). The molecule has 5 heteroatoms. The van der Waals surface area contributed by atoms with Crippen LogP contribution < -0.4 is 0 Å². The standard InChI is InChI=1S/C7H11F3O2/c1-2-6(11)3-4-12-5-7(8,9)10/h2-5H2,1H3. The summed E-state index contributed by atoms with van der Waals surface area (Å²) >= 11 is 0. The molecular formula is C7H11F3O2. The number of carbonyl (C=O) groups is 1. The summed E-state index contributed by atoms with van der Waals surface area (Å²) in [7, 11) is 0. The summed E-state index contributed by atoms with van der Waals surface area (Å²) in [5.74, 6) is -0.0859. The van der Waals surface area contributed by atoms with Crippen molar-refractivity contribution >= 4 is 5.78 Å². The normalized spacial score (nSPS) is 11.7. The number of carbonyl (C=O) groups excluding carboxylic acids is 1. The lowest BCUT2D eigenvalue weighted by Crippen LogP contribution is -2.18. The number of ketones is 1. The van der Waals surface area contributed by atoms with E-state index in [0.29, 0.717) is 6.42 Å². The summed E-state index contributed by atoms with van der Waals surface area (Å²) in [6.45, 7) is 0.238. The van der Waals surface area contributed by atoms with Crippen LogP contribution in [0.2, 0.25) is 0 Å². The highest BCUT2D eigenvalue weighted by Gasteiger charge is 2.27. The molecule has 0 aliphatic carbocycles. The maximum Gasteiger partial charge on any atom is 0.411 e. The zero-order valence-electron chi connectivity index (χ0n) is 6.78. The smallest absolute Gasteiger partial charge is 0.372 e. The van der Waals surface area contributed by atoms with E-state index in [9.17, 15) is 18.0 Å². The molecule has 0 fully saturated rings. The molecule has 0 heterocycles. The lowest BCUT2D eigenvalue weighted by molar-refractivity contribution is -0.174. The van der Waals surface area contributed by atoms with Crippen molar-refractivity contribution in [2.75, 3.05) is 13.2 Å². The maximum absolute atomic E-state index is 11.5. The minimum Gasteiger partial charge on any atom is -0.372 e. The van der Waals surface area contributed by atoms with E-state index in [1.165, 1.54) is 0 Å². The van der Waals surface area contributed by atoms with Crippen LogP contribution in [0.1, 0.15) is 19.8 Å². The number of halogens is 3. The van der Waals surface area contributed by atoms with Crippen LogP contribution in [0.3, 0.4) is 0 Å². The minimum atomic E-state index is -4.30. The Hall–Kier alpha value is -0.580. The molecule has 0 radical (unpaired) electrons. The van der Waals surface area contributed by atoms with Crippen molar-refractivity contribution in [3.8, 4) is 0 Å². The van der Waals surface area contributed by atoms with Gasteiger partial charge in [-0.15, -0.1) is 0 Å². The van der Waals surface area contributed by atoms with Crippen LogP contribution in [0.5, 0.6) is 0 Å². The van der Waals surface area contributed by atoms with E-state index in [0.717, 1.165) is 0 Å². The first-order valence-electron chi connectivity index (χ1n) is 3.62. The van der Waals surface area contributed by atoms with Gasteiger partial charge in [-0.2, -0.15) is 13.2 Å². The Morgan fingerprint density at radius 3 is 2.42 bits per heavy atom. The van der Waals surface area contributed by atoms with Crippen LogP contribution >= 0.6 is 0 Å².